The van der Waals surface area contributed by atoms with Crippen LogP contribution in [-0.2, 0) is 4.79 Å². The first-order valence-corrected chi connectivity index (χ1v) is 6.29. The zero-order chi connectivity index (χ0) is 15.3. The zero-order valence-corrected chi connectivity index (χ0v) is 11.7. The SMILES string of the molecule is CC.COc1c(O)c(C(N)CC(=O)O)cc2occc12. The fourth-order valence-corrected chi connectivity index (χ4v) is 1.88. The summed E-state index contributed by atoms with van der Waals surface area (Å²) >= 11 is 0. The van der Waals surface area contributed by atoms with Gasteiger partial charge in [-0.15, -0.1) is 0 Å². The number of carboxylic acids is 1. The second kappa shape index (κ2) is 6.81. The Bertz CT molecular complexity index is 591. The molecule has 6 heteroatoms. The van der Waals surface area contributed by atoms with E-state index in [-0.39, 0.29) is 23.5 Å². The number of aromatic hydroxyl groups is 1. The number of furan rings is 1. The van der Waals surface area contributed by atoms with Crippen LogP contribution in [-0.4, -0.2) is 23.3 Å². The van der Waals surface area contributed by atoms with Gasteiger partial charge in [-0.1, -0.05) is 13.8 Å². The van der Waals surface area contributed by atoms with Gasteiger partial charge in [-0.25, -0.2) is 0 Å². The van der Waals surface area contributed by atoms with Crippen molar-refractivity contribution in [2.75, 3.05) is 7.11 Å². The fourth-order valence-electron chi connectivity index (χ4n) is 1.88. The van der Waals surface area contributed by atoms with Crippen LogP contribution in [0.1, 0.15) is 31.9 Å². The normalized spacial score (nSPS) is 11.6. The highest BCUT2D eigenvalue weighted by Gasteiger charge is 2.21. The first-order valence-electron chi connectivity index (χ1n) is 6.29. The maximum Gasteiger partial charge on any atom is 0.305 e. The Morgan fingerprint density at radius 1 is 1.50 bits per heavy atom. The number of aliphatic carboxylic acids is 1. The summed E-state index contributed by atoms with van der Waals surface area (Å²) < 4.78 is 10.3. The van der Waals surface area contributed by atoms with Gasteiger partial charge < -0.3 is 25.1 Å². The van der Waals surface area contributed by atoms with E-state index in [0.717, 1.165) is 0 Å². The summed E-state index contributed by atoms with van der Waals surface area (Å²) in [5, 5.41) is 19.4. The number of hydrogen-bond acceptors (Lipinski definition) is 5. The number of hydrogen-bond donors (Lipinski definition) is 3. The molecule has 110 valence electrons. The van der Waals surface area contributed by atoms with Gasteiger partial charge in [0.1, 0.15) is 5.58 Å². The molecule has 2 rings (SSSR count). The minimum atomic E-state index is -1.04. The van der Waals surface area contributed by atoms with Crippen molar-refractivity contribution in [1.82, 2.24) is 0 Å². The first-order chi connectivity index (χ1) is 9.54. The standard InChI is InChI=1S/C12H13NO5.C2H6/c1-17-12-6-2-3-18-9(6)4-7(11(12)16)8(13)5-10(14)15;1-2/h2-4,8,16H,5,13H2,1H3,(H,14,15);1-2H3. The van der Waals surface area contributed by atoms with Crippen molar-refractivity contribution in [3.05, 3.63) is 24.0 Å². The van der Waals surface area contributed by atoms with Crippen molar-refractivity contribution in [2.24, 2.45) is 5.73 Å². The average molecular weight is 281 g/mol. The maximum atomic E-state index is 10.6. The first kappa shape index (κ1) is 15.8. The van der Waals surface area contributed by atoms with E-state index in [1.54, 1.807) is 6.07 Å². The Morgan fingerprint density at radius 2 is 2.15 bits per heavy atom. The topological polar surface area (TPSA) is 106 Å². The number of methoxy groups -OCH3 is 1. The van der Waals surface area contributed by atoms with Gasteiger partial charge in [0.05, 0.1) is 25.2 Å². The largest absolute Gasteiger partial charge is 0.504 e. The Morgan fingerprint density at radius 3 is 2.70 bits per heavy atom. The third kappa shape index (κ3) is 3.03. The third-order valence-electron chi connectivity index (χ3n) is 2.71. The van der Waals surface area contributed by atoms with Crippen molar-refractivity contribution in [2.45, 2.75) is 26.3 Å². The molecule has 0 aliphatic heterocycles. The monoisotopic (exact) mass is 281 g/mol. The van der Waals surface area contributed by atoms with Gasteiger partial charge >= 0.3 is 5.97 Å². The predicted molar refractivity (Wildman–Crippen MR) is 75.0 cm³/mol. The van der Waals surface area contributed by atoms with Crippen LogP contribution < -0.4 is 10.5 Å². The molecule has 0 spiro atoms. The number of nitrogens with two attached hydrogens (primary N) is 1. The fraction of sp³-hybridized carbons (Fsp3) is 0.357. The molecule has 0 radical (unpaired) electrons. The molecule has 1 atom stereocenters. The molecule has 0 amide bonds. The summed E-state index contributed by atoms with van der Waals surface area (Å²) in [7, 11) is 1.41. The molecule has 2 aromatic rings. The van der Waals surface area contributed by atoms with Crippen LogP contribution in [0, 0.1) is 0 Å². The van der Waals surface area contributed by atoms with Crippen LogP contribution in [0.3, 0.4) is 0 Å². The van der Waals surface area contributed by atoms with E-state index in [4.69, 9.17) is 20.0 Å². The lowest BCUT2D eigenvalue weighted by atomic mass is 10.0. The maximum absolute atomic E-state index is 10.6. The van der Waals surface area contributed by atoms with Crippen molar-refractivity contribution >= 4 is 16.9 Å². The summed E-state index contributed by atoms with van der Waals surface area (Å²) in [5.74, 6) is -0.961. The van der Waals surface area contributed by atoms with E-state index in [9.17, 15) is 9.90 Å². The number of rotatable bonds is 4. The Balaban J connectivity index is 0.000000956. The molecule has 1 aromatic carbocycles. The molecule has 20 heavy (non-hydrogen) atoms. The number of carbonyl (C=O) groups is 1. The third-order valence-corrected chi connectivity index (χ3v) is 2.71. The Labute approximate surface area is 116 Å². The summed E-state index contributed by atoms with van der Waals surface area (Å²) in [4.78, 5) is 10.6. The highest BCUT2D eigenvalue weighted by Crippen LogP contribution is 2.41. The van der Waals surface area contributed by atoms with Crippen molar-refractivity contribution < 1.29 is 24.2 Å². The summed E-state index contributed by atoms with van der Waals surface area (Å²) in [6, 6.07) is 2.35. The molecule has 0 aliphatic carbocycles. The lowest BCUT2D eigenvalue weighted by molar-refractivity contribution is -0.137. The molecule has 0 saturated carbocycles. The van der Waals surface area contributed by atoms with Crippen LogP contribution >= 0.6 is 0 Å². The Kier molecular flexibility index (Phi) is 5.40. The quantitative estimate of drug-likeness (QED) is 0.795. The van der Waals surface area contributed by atoms with Gasteiger partial charge in [0, 0.05) is 11.6 Å². The minimum absolute atomic E-state index is 0.153. The molecular weight excluding hydrogens is 262 g/mol. The van der Waals surface area contributed by atoms with Crippen LogP contribution in [0.2, 0.25) is 0 Å². The zero-order valence-electron chi connectivity index (χ0n) is 11.7. The summed E-state index contributed by atoms with van der Waals surface area (Å²) in [5.41, 5.74) is 6.52. The number of fused-ring (bicyclic) bond motifs is 1. The smallest absolute Gasteiger partial charge is 0.305 e. The lowest BCUT2D eigenvalue weighted by Gasteiger charge is -2.14. The van der Waals surface area contributed by atoms with Crippen LogP contribution in [0.15, 0.2) is 22.8 Å². The van der Waals surface area contributed by atoms with Crippen molar-refractivity contribution in [1.29, 1.82) is 0 Å². The minimum Gasteiger partial charge on any atom is -0.504 e. The molecule has 1 unspecified atom stereocenters. The highest BCUT2D eigenvalue weighted by molar-refractivity contribution is 5.88. The predicted octanol–water partition coefficient (Wildman–Crippen LogP) is 2.65. The van der Waals surface area contributed by atoms with Gasteiger partial charge in [-0.3, -0.25) is 4.79 Å². The van der Waals surface area contributed by atoms with E-state index < -0.39 is 12.0 Å². The number of carboxylic acid groups (broad SMARTS) is 1. The van der Waals surface area contributed by atoms with Crippen LogP contribution in [0.4, 0.5) is 0 Å². The van der Waals surface area contributed by atoms with E-state index in [0.29, 0.717) is 11.0 Å². The molecule has 4 N–H and O–H groups in total. The van der Waals surface area contributed by atoms with Gasteiger partial charge in [0.15, 0.2) is 11.5 Å². The van der Waals surface area contributed by atoms with Crippen molar-refractivity contribution in [3.63, 3.8) is 0 Å². The van der Waals surface area contributed by atoms with E-state index in [1.807, 2.05) is 13.8 Å². The number of phenolic OH excluding ortho intramolecular Hbond substituents is 1. The average Bonchev–Trinajstić information content (AvgIpc) is 2.87. The second-order valence-corrected chi connectivity index (χ2v) is 3.88. The molecule has 6 nitrogen and oxygen atoms in total. The molecular formula is C14H19NO5. The van der Waals surface area contributed by atoms with Gasteiger partial charge in [-0.05, 0) is 12.1 Å². The van der Waals surface area contributed by atoms with E-state index in [1.165, 1.54) is 19.4 Å². The van der Waals surface area contributed by atoms with Gasteiger partial charge in [-0.2, -0.15) is 0 Å². The summed E-state index contributed by atoms with van der Waals surface area (Å²) in [6.07, 6.45) is 1.17. The molecule has 1 heterocycles. The Hall–Kier alpha value is -2.21. The lowest BCUT2D eigenvalue weighted by Crippen LogP contribution is -2.15. The highest BCUT2D eigenvalue weighted by atomic mass is 16.5. The van der Waals surface area contributed by atoms with Crippen LogP contribution in [0.5, 0.6) is 11.5 Å². The molecule has 0 saturated heterocycles. The van der Waals surface area contributed by atoms with Crippen LogP contribution in [0.25, 0.3) is 11.0 Å². The second-order valence-electron chi connectivity index (χ2n) is 3.88. The molecule has 0 fully saturated rings. The van der Waals surface area contributed by atoms with E-state index >= 15 is 0 Å². The summed E-state index contributed by atoms with van der Waals surface area (Å²) in [6.45, 7) is 4.00. The van der Waals surface area contributed by atoms with Crippen molar-refractivity contribution in [3.8, 4) is 11.5 Å². The number of phenols is 1. The van der Waals surface area contributed by atoms with Gasteiger partial charge in [0.25, 0.3) is 0 Å². The molecule has 1 aromatic heterocycles. The number of ether oxygens (including phenoxy) is 1. The molecule has 0 aliphatic rings. The molecule has 0 bridgehead atoms. The number of benzene rings is 1. The van der Waals surface area contributed by atoms with Gasteiger partial charge in [0.2, 0.25) is 0 Å². The van der Waals surface area contributed by atoms with E-state index in [2.05, 4.69) is 0 Å².